The molecule has 1 atom stereocenters. The minimum atomic E-state index is -0.401. The molecular weight excluding hydrogens is 394 g/mol. The predicted molar refractivity (Wildman–Crippen MR) is 107 cm³/mol. The third kappa shape index (κ3) is 4.49. The number of carbonyl (C=O) groups is 1. The van der Waals surface area contributed by atoms with Gasteiger partial charge in [0.15, 0.2) is 0 Å². The molecule has 1 fully saturated rings. The van der Waals surface area contributed by atoms with Crippen molar-refractivity contribution in [3.05, 3.63) is 51.8 Å². The number of methoxy groups -OCH3 is 1. The molecule has 0 spiro atoms. The van der Waals surface area contributed by atoms with E-state index in [1.54, 1.807) is 25.3 Å². The van der Waals surface area contributed by atoms with Crippen LogP contribution in [0.1, 0.15) is 24.0 Å². The van der Waals surface area contributed by atoms with E-state index >= 15 is 0 Å². The minimum absolute atomic E-state index is 0.0522. The molecule has 1 aromatic carbocycles. The summed E-state index contributed by atoms with van der Waals surface area (Å²) in [5.74, 6) is 0.322. The van der Waals surface area contributed by atoms with Crippen molar-refractivity contribution in [2.75, 3.05) is 19.0 Å². The Balaban J connectivity index is 1.45. The molecule has 2 aromatic heterocycles. The molecule has 4 rings (SSSR count). The molecule has 150 valence electrons. The van der Waals surface area contributed by atoms with Crippen LogP contribution in [0.4, 0.5) is 5.13 Å². The first-order valence-electron chi connectivity index (χ1n) is 9.10. The summed E-state index contributed by atoms with van der Waals surface area (Å²) in [4.78, 5) is 24.5. The Kier molecular flexibility index (Phi) is 5.63. The normalized spacial score (nSPS) is 16.0. The van der Waals surface area contributed by atoms with Crippen LogP contribution in [0.25, 0.3) is 11.3 Å². The SMILES string of the molecule is COc1ccc(-c2ccc(=O)n(CC(=O)Nc3nnc([C@@H]4CCCO4)s3)n2)cc1. The zero-order valence-corrected chi connectivity index (χ0v) is 16.5. The number of amides is 1. The van der Waals surface area contributed by atoms with Gasteiger partial charge in [0.25, 0.3) is 5.56 Å². The summed E-state index contributed by atoms with van der Waals surface area (Å²) >= 11 is 1.28. The summed E-state index contributed by atoms with van der Waals surface area (Å²) in [5, 5.41) is 16.1. The average molecular weight is 413 g/mol. The fraction of sp³-hybridized carbons (Fsp3) is 0.316. The first-order chi connectivity index (χ1) is 14.1. The van der Waals surface area contributed by atoms with Gasteiger partial charge >= 0.3 is 0 Å². The largest absolute Gasteiger partial charge is 0.497 e. The predicted octanol–water partition coefficient (Wildman–Crippen LogP) is 2.26. The van der Waals surface area contributed by atoms with Gasteiger partial charge in [-0.1, -0.05) is 11.3 Å². The Bertz CT molecular complexity index is 1060. The zero-order chi connectivity index (χ0) is 20.2. The van der Waals surface area contributed by atoms with Crippen LogP contribution in [0.2, 0.25) is 0 Å². The number of nitrogens with one attached hydrogen (secondary N) is 1. The van der Waals surface area contributed by atoms with E-state index in [0.29, 0.717) is 17.4 Å². The molecule has 3 aromatic rings. The summed E-state index contributed by atoms with van der Waals surface area (Å²) < 4.78 is 11.8. The number of nitrogens with zero attached hydrogens (tertiary/aromatic N) is 4. The molecule has 1 aliphatic heterocycles. The van der Waals surface area contributed by atoms with Crippen molar-refractivity contribution in [1.82, 2.24) is 20.0 Å². The lowest BCUT2D eigenvalue weighted by molar-refractivity contribution is -0.117. The lowest BCUT2D eigenvalue weighted by atomic mass is 10.1. The number of aromatic nitrogens is 4. The second kappa shape index (κ2) is 8.50. The Hall–Kier alpha value is -3.11. The molecule has 0 radical (unpaired) electrons. The van der Waals surface area contributed by atoms with Gasteiger partial charge in [0.1, 0.15) is 23.4 Å². The maximum Gasteiger partial charge on any atom is 0.267 e. The van der Waals surface area contributed by atoms with E-state index in [0.717, 1.165) is 33.8 Å². The first-order valence-corrected chi connectivity index (χ1v) is 9.91. The molecule has 29 heavy (non-hydrogen) atoms. The van der Waals surface area contributed by atoms with Crippen molar-refractivity contribution < 1.29 is 14.3 Å². The summed E-state index contributed by atoms with van der Waals surface area (Å²) in [6.07, 6.45) is 1.84. The number of benzene rings is 1. The van der Waals surface area contributed by atoms with Crippen molar-refractivity contribution in [2.45, 2.75) is 25.5 Å². The molecule has 0 unspecified atom stereocenters. The molecule has 9 nitrogen and oxygen atoms in total. The van der Waals surface area contributed by atoms with Crippen LogP contribution < -0.4 is 15.6 Å². The fourth-order valence-electron chi connectivity index (χ4n) is 2.96. The van der Waals surface area contributed by atoms with Gasteiger partial charge in [0.05, 0.1) is 12.8 Å². The van der Waals surface area contributed by atoms with E-state index in [1.165, 1.54) is 17.4 Å². The molecule has 0 aliphatic carbocycles. The number of ether oxygens (including phenoxy) is 2. The molecule has 0 saturated carbocycles. The lowest BCUT2D eigenvalue weighted by Gasteiger charge is -2.07. The summed E-state index contributed by atoms with van der Waals surface area (Å²) in [7, 11) is 1.59. The van der Waals surface area contributed by atoms with E-state index < -0.39 is 5.91 Å². The topological polar surface area (TPSA) is 108 Å². The van der Waals surface area contributed by atoms with Gasteiger partial charge in [-0.3, -0.25) is 14.9 Å². The molecule has 1 saturated heterocycles. The van der Waals surface area contributed by atoms with Crippen LogP contribution >= 0.6 is 11.3 Å². The van der Waals surface area contributed by atoms with Gasteiger partial charge in [-0.05, 0) is 43.2 Å². The van der Waals surface area contributed by atoms with Crippen LogP contribution in [0, 0.1) is 0 Å². The van der Waals surface area contributed by atoms with Gasteiger partial charge in [0, 0.05) is 18.2 Å². The second-order valence-electron chi connectivity index (χ2n) is 6.44. The molecule has 1 N–H and O–H groups in total. The number of anilines is 1. The van der Waals surface area contributed by atoms with Crippen molar-refractivity contribution in [3.63, 3.8) is 0 Å². The number of carbonyl (C=O) groups excluding carboxylic acids is 1. The molecule has 10 heteroatoms. The van der Waals surface area contributed by atoms with Gasteiger partial charge in [-0.15, -0.1) is 10.2 Å². The highest BCUT2D eigenvalue weighted by Gasteiger charge is 2.22. The Labute approximate surface area is 170 Å². The summed E-state index contributed by atoms with van der Waals surface area (Å²) in [6, 6.07) is 10.3. The van der Waals surface area contributed by atoms with Gasteiger partial charge in [0.2, 0.25) is 11.0 Å². The van der Waals surface area contributed by atoms with Crippen molar-refractivity contribution in [2.24, 2.45) is 0 Å². The van der Waals surface area contributed by atoms with E-state index in [9.17, 15) is 9.59 Å². The minimum Gasteiger partial charge on any atom is -0.497 e. The standard InChI is InChI=1S/C19H19N5O4S/c1-27-13-6-4-12(5-7-13)14-8-9-17(26)24(23-14)11-16(25)20-19-22-21-18(29-19)15-3-2-10-28-15/h4-9,15H,2-3,10-11H2,1H3,(H,20,22,25)/t15-/m0/s1. The van der Waals surface area contributed by atoms with Crippen molar-refractivity contribution in [1.29, 1.82) is 0 Å². The molecular formula is C19H19N5O4S. The Morgan fingerprint density at radius 2 is 2.10 bits per heavy atom. The summed E-state index contributed by atoms with van der Waals surface area (Å²) in [6.45, 7) is 0.489. The second-order valence-corrected chi connectivity index (χ2v) is 7.45. The van der Waals surface area contributed by atoms with Crippen LogP contribution in [0.3, 0.4) is 0 Å². The highest BCUT2D eigenvalue weighted by molar-refractivity contribution is 7.15. The fourth-order valence-corrected chi connectivity index (χ4v) is 3.80. The van der Waals surface area contributed by atoms with E-state index in [2.05, 4.69) is 20.6 Å². The third-order valence-electron chi connectivity index (χ3n) is 4.44. The lowest BCUT2D eigenvalue weighted by Crippen LogP contribution is -2.29. The van der Waals surface area contributed by atoms with E-state index in [1.807, 2.05) is 12.1 Å². The van der Waals surface area contributed by atoms with Gasteiger partial charge in [-0.2, -0.15) is 5.10 Å². The van der Waals surface area contributed by atoms with E-state index in [4.69, 9.17) is 9.47 Å². The summed E-state index contributed by atoms with van der Waals surface area (Å²) in [5.41, 5.74) is 1.02. The zero-order valence-electron chi connectivity index (χ0n) is 15.7. The highest BCUT2D eigenvalue weighted by atomic mass is 32.1. The van der Waals surface area contributed by atoms with Crippen LogP contribution in [0.15, 0.2) is 41.2 Å². The van der Waals surface area contributed by atoms with Crippen molar-refractivity contribution >= 4 is 22.4 Å². The van der Waals surface area contributed by atoms with Gasteiger partial charge < -0.3 is 9.47 Å². The van der Waals surface area contributed by atoms with Crippen molar-refractivity contribution in [3.8, 4) is 17.0 Å². The Morgan fingerprint density at radius 1 is 1.28 bits per heavy atom. The van der Waals surface area contributed by atoms with Crippen LogP contribution in [-0.2, 0) is 16.1 Å². The maximum absolute atomic E-state index is 12.4. The van der Waals surface area contributed by atoms with Crippen LogP contribution in [0.5, 0.6) is 5.75 Å². The number of rotatable bonds is 6. The molecule has 1 aliphatic rings. The molecule has 1 amide bonds. The van der Waals surface area contributed by atoms with Gasteiger partial charge in [-0.25, -0.2) is 4.68 Å². The average Bonchev–Trinajstić information content (AvgIpc) is 3.41. The van der Waals surface area contributed by atoms with Crippen LogP contribution in [-0.4, -0.2) is 39.6 Å². The molecule has 0 bridgehead atoms. The Morgan fingerprint density at radius 3 is 2.83 bits per heavy atom. The first kappa shape index (κ1) is 19.2. The quantitative estimate of drug-likeness (QED) is 0.660. The third-order valence-corrected chi connectivity index (χ3v) is 5.37. The maximum atomic E-state index is 12.4. The smallest absolute Gasteiger partial charge is 0.267 e. The van der Waals surface area contributed by atoms with E-state index in [-0.39, 0.29) is 18.2 Å². The number of hydrogen-bond donors (Lipinski definition) is 1. The number of hydrogen-bond acceptors (Lipinski definition) is 8. The highest BCUT2D eigenvalue weighted by Crippen LogP contribution is 2.31. The molecule has 3 heterocycles. The monoisotopic (exact) mass is 413 g/mol.